The number of piperidine rings is 1. The number of aromatic nitrogens is 5. The molecule has 10 nitrogen and oxygen atoms in total. The molecule has 10 heteroatoms. The minimum Gasteiger partial charge on any atom is -0.364 e. The first-order valence-electron chi connectivity index (χ1n) is 12.3. The van der Waals surface area contributed by atoms with Crippen LogP contribution in [0.4, 0.5) is 17.3 Å². The van der Waals surface area contributed by atoms with Gasteiger partial charge in [-0.1, -0.05) is 12.1 Å². The summed E-state index contributed by atoms with van der Waals surface area (Å²) in [5.41, 5.74) is 7.64. The fraction of sp³-hybridized carbons (Fsp3) is 0.346. The highest BCUT2D eigenvalue weighted by atomic mass is 16.1. The molecule has 2 aliphatic rings. The van der Waals surface area contributed by atoms with Gasteiger partial charge in [-0.25, -0.2) is 9.97 Å². The van der Waals surface area contributed by atoms with Crippen molar-refractivity contribution in [3.05, 3.63) is 70.7 Å². The number of pyridine rings is 1. The van der Waals surface area contributed by atoms with E-state index in [-0.39, 0.29) is 23.1 Å². The molecule has 1 aromatic carbocycles. The zero-order chi connectivity index (χ0) is 24.8. The average Bonchev–Trinajstić information content (AvgIpc) is 3.66. The maximum Gasteiger partial charge on any atom is 0.271 e. The highest BCUT2D eigenvalue weighted by molar-refractivity contribution is 5.96. The van der Waals surface area contributed by atoms with E-state index in [1.807, 2.05) is 16.8 Å². The first kappa shape index (κ1) is 22.3. The third-order valence-electron chi connectivity index (χ3n) is 7.08. The van der Waals surface area contributed by atoms with Crippen molar-refractivity contribution in [1.82, 2.24) is 24.3 Å². The summed E-state index contributed by atoms with van der Waals surface area (Å²) in [6, 6.07) is 8.31. The molecule has 184 valence electrons. The van der Waals surface area contributed by atoms with Crippen molar-refractivity contribution >= 4 is 34.0 Å². The zero-order valence-corrected chi connectivity index (χ0v) is 20.1. The van der Waals surface area contributed by atoms with Crippen LogP contribution in [-0.2, 0) is 7.05 Å². The molecule has 0 bridgehead atoms. The van der Waals surface area contributed by atoms with Crippen molar-refractivity contribution in [3.8, 4) is 0 Å². The Bertz CT molecular complexity index is 1520. The summed E-state index contributed by atoms with van der Waals surface area (Å²) in [6.45, 7) is 1.39. The predicted octanol–water partition coefficient (Wildman–Crippen LogP) is 3.09. The molecule has 4 aromatic rings. The lowest BCUT2D eigenvalue weighted by atomic mass is 10.0. The van der Waals surface area contributed by atoms with Gasteiger partial charge < -0.3 is 20.5 Å². The molecular formula is C26H28N8O2. The lowest BCUT2D eigenvalue weighted by Crippen LogP contribution is -2.40. The van der Waals surface area contributed by atoms with E-state index in [0.29, 0.717) is 24.0 Å². The van der Waals surface area contributed by atoms with Gasteiger partial charge in [0.05, 0.1) is 24.1 Å². The van der Waals surface area contributed by atoms with Gasteiger partial charge in [-0.05, 0) is 54.7 Å². The lowest BCUT2D eigenvalue weighted by Gasteiger charge is -2.34. The summed E-state index contributed by atoms with van der Waals surface area (Å²) in [7, 11) is 1.80. The maximum atomic E-state index is 13.4. The summed E-state index contributed by atoms with van der Waals surface area (Å²) in [6.07, 6.45) is 11.2. The van der Waals surface area contributed by atoms with Gasteiger partial charge in [-0.15, -0.1) is 0 Å². The number of hydrogen-bond acceptors (Lipinski definition) is 7. The number of carbonyl (C=O) groups excluding carboxylic acids is 1. The Balaban J connectivity index is 1.28. The molecule has 1 aliphatic carbocycles. The number of amides is 1. The molecule has 1 saturated carbocycles. The number of carbonyl (C=O) groups is 1. The van der Waals surface area contributed by atoms with Crippen LogP contribution in [0.3, 0.4) is 0 Å². The second kappa shape index (κ2) is 8.78. The van der Waals surface area contributed by atoms with Crippen molar-refractivity contribution in [2.45, 2.75) is 37.6 Å². The van der Waals surface area contributed by atoms with E-state index in [1.54, 1.807) is 30.3 Å². The third kappa shape index (κ3) is 4.19. The minimum atomic E-state index is -0.662. The molecule has 6 rings (SSSR count). The molecule has 2 fully saturated rings. The number of nitrogens with two attached hydrogens (primary N) is 1. The monoisotopic (exact) mass is 484 g/mol. The number of rotatable bonds is 6. The largest absolute Gasteiger partial charge is 0.364 e. The van der Waals surface area contributed by atoms with E-state index >= 15 is 0 Å². The number of primary amides is 1. The smallest absolute Gasteiger partial charge is 0.271 e. The number of fused-ring (bicyclic) bond motifs is 1. The minimum absolute atomic E-state index is 0.00566. The maximum absolute atomic E-state index is 13.4. The van der Waals surface area contributed by atoms with Gasteiger partial charge >= 0.3 is 0 Å². The molecule has 0 radical (unpaired) electrons. The van der Waals surface area contributed by atoms with Gasteiger partial charge in [-0.2, -0.15) is 5.10 Å². The number of anilines is 3. The number of benzene rings is 1. The van der Waals surface area contributed by atoms with Crippen LogP contribution in [0, 0.1) is 0 Å². The van der Waals surface area contributed by atoms with E-state index in [2.05, 4.69) is 43.5 Å². The molecule has 1 amide bonds. The first-order chi connectivity index (χ1) is 17.5. The fourth-order valence-corrected chi connectivity index (χ4v) is 5.05. The number of aryl methyl sites for hydroxylation is 1. The molecule has 4 heterocycles. The quantitative estimate of drug-likeness (QED) is 0.431. The number of hydrogen-bond donors (Lipinski definition) is 2. The van der Waals surface area contributed by atoms with E-state index < -0.39 is 5.91 Å². The highest BCUT2D eigenvalue weighted by Gasteiger charge is 2.26. The normalized spacial score (nSPS) is 17.9. The Morgan fingerprint density at radius 2 is 2.03 bits per heavy atom. The molecule has 36 heavy (non-hydrogen) atoms. The van der Waals surface area contributed by atoms with E-state index in [9.17, 15) is 9.59 Å². The van der Waals surface area contributed by atoms with Crippen LogP contribution in [0.15, 0.2) is 53.8 Å². The summed E-state index contributed by atoms with van der Waals surface area (Å²) in [5, 5.41) is 9.00. The SMILES string of the molecule is Cn1cc(Nc2nc(N3CCCC(n4ccc5cc(C6CC6)ccc5c4=O)C3)cnc2C(N)=O)cn1. The number of nitrogens with zero attached hydrogens (tertiary/aromatic N) is 6. The molecule has 1 unspecified atom stereocenters. The molecule has 1 atom stereocenters. The van der Waals surface area contributed by atoms with Crippen LogP contribution in [0.25, 0.3) is 10.8 Å². The summed E-state index contributed by atoms with van der Waals surface area (Å²) >= 11 is 0. The van der Waals surface area contributed by atoms with E-state index in [4.69, 9.17) is 5.73 Å². The Hall–Kier alpha value is -4.21. The fourth-order valence-electron chi connectivity index (χ4n) is 5.05. The molecule has 3 N–H and O–H groups in total. The zero-order valence-electron chi connectivity index (χ0n) is 20.1. The summed E-state index contributed by atoms with van der Waals surface area (Å²) < 4.78 is 3.50. The van der Waals surface area contributed by atoms with Gasteiger partial charge in [0.2, 0.25) is 0 Å². The van der Waals surface area contributed by atoms with Crippen molar-refractivity contribution in [2.24, 2.45) is 12.8 Å². The lowest BCUT2D eigenvalue weighted by molar-refractivity contribution is 0.0996. The highest BCUT2D eigenvalue weighted by Crippen LogP contribution is 2.40. The van der Waals surface area contributed by atoms with Gasteiger partial charge in [0.25, 0.3) is 11.5 Å². The van der Waals surface area contributed by atoms with E-state index in [1.165, 1.54) is 18.4 Å². The van der Waals surface area contributed by atoms with Gasteiger partial charge in [-0.3, -0.25) is 14.3 Å². The summed E-state index contributed by atoms with van der Waals surface area (Å²) in [4.78, 5) is 36.4. The average molecular weight is 485 g/mol. The van der Waals surface area contributed by atoms with Gasteiger partial charge in [0, 0.05) is 37.9 Å². The molecule has 0 spiro atoms. The topological polar surface area (TPSA) is 124 Å². The van der Waals surface area contributed by atoms with Crippen molar-refractivity contribution < 1.29 is 4.79 Å². The molecule has 3 aromatic heterocycles. The Kier molecular flexibility index (Phi) is 5.43. The first-order valence-corrected chi connectivity index (χ1v) is 12.3. The van der Waals surface area contributed by atoms with Gasteiger partial charge in [0.1, 0.15) is 5.82 Å². The van der Waals surface area contributed by atoms with E-state index in [0.717, 1.165) is 30.2 Å². The van der Waals surface area contributed by atoms with Gasteiger partial charge in [0.15, 0.2) is 11.5 Å². The summed E-state index contributed by atoms with van der Waals surface area (Å²) in [5.74, 6) is 0.899. The van der Waals surface area contributed by atoms with Crippen LogP contribution in [0.1, 0.15) is 53.7 Å². The predicted molar refractivity (Wildman–Crippen MR) is 138 cm³/mol. The van der Waals surface area contributed by atoms with Crippen LogP contribution in [0.2, 0.25) is 0 Å². The Morgan fingerprint density at radius 3 is 2.78 bits per heavy atom. The standard InChI is InChI=1S/C26H28N8O2/c1-32-14-19(12-29-32)30-25-23(24(27)35)28-13-22(31-25)33-9-2-3-20(15-33)34-10-8-18-11-17(16-4-5-16)6-7-21(18)26(34)36/h6-8,10-14,16,20H,2-5,9,15H2,1H3,(H2,27,35)(H,30,31). The van der Waals surface area contributed by atoms with Crippen molar-refractivity contribution in [1.29, 1.82) is 0 Å². The molecular weight excluding hydrogens is 456 g/mol. The van der Waals surface area contributed by atoms with Crippen LogP contribution < -0.4 is 21.5 Å². The van der Waals surface area contributed by atoms with Crippen molar-refractivity contribution in [3.63, 3.8) is 0 Å². The molecule has 1 saturated heterocycles. The third-order valence-corrected chi connectivity index (χ3v) is 7.08. The number of nitrogens with one attached hydrogen (secondary N) is 1. The molecule has 1 aliphatic heterocycles. The van der Waals surface area contributed by atoms with Crippen LogP contribution in [0.5, 0.6) is 0 Å². The van der Waals surface area contributed by atoms with Crippen molar-refractivity contribution in [2.75, 3.05) is 23.3 Å². The Morgan fingerprint density at radius 1 is 1.17 bits per heavy atom. The second-order valence-corrected chi connectivity index (χ2v) is 9.71. The van der Waals surface area contributed by atoms with Crippen LogP contribution >= 0.6 is 0 Å². The van der Waals surface area contributed by atoms with Crippen LogP contribution in [-0.4, -0.2) is 43.3 Å². The Labute approximate surface area is 207 Å². The second-order valence-electron chi connectivity index (χ2n) is 9.71.